The van der Waals surface area contributed by atoms with Crippen molar-refractivity contribution in [1.29, 1.82) is 0 Å². The zero-order valence-electron chi connectivity index (χ0n) is 12.3. The average Bonchev–Trinajstić information content (AvgIpc) is 2.80. The lowest BCUT2D eigenvalue weighted by atomic mass is 9.97. The number of hydrogen-bond donors (Lipinski definition) is 1. The molecule has 1 amide bonds. The SMILES string of the molecule is CCCCN(C(=O)[C@@H]1CCCNC1)C1CCS(=O)(=O)C1. The van der Waals surface area contributed by atoms with Gasteiger partial charge in [0.2, 0.25) is 5.91 Å². The second-order valence-corrected chi connectivity index (χ2v) is 8.21. The van der Waals surface area contributed by atoms with E-state index in [0.717, 1.165) is 38.8 Å². The van der Waals surface area contributed by atoms with Gasteiger partial charge in [-0.3, -0.25) is 4.79 Å². The number of piperidine rings is 1. The molecule has 116 valence electrons. The first-order valence-corrected chi connectivity index (χ1v) is 9.57. The molecule has 0 aromatic carbocycles. The van der Waals surface area contributed by atoms with Gasteiger partial charge in [-0.15, -0.1) is 0 Å². The van der Waals surface area contributed by atoms with E-state index in [0.29, 0.717) is 13.0 Å². The van der Waals surface area contributed by atoms with Crippen molar-refractivity contribution < 1.29 is 13.2 Å². The monoisotopic (exact) mass is 302 g/mol. The van der Waals surface area contributed by atoms with E-state index in [1.165, 1.54) is 0 Å². The van der Waals surface area contributed by atoms with Crippen molar-refractivity contribution in [2.75, 3.05) is 31.1 Å². The quantitative estimate of drug-likeness (QED) is 0.816. The molecule has 0 saturated carbocycles. The molecule has 2 aliphatic heterocycles. The Hall–Kier alpha value is -0.620. The smallest absolute Gasteiger partial charge is 0.227 e. The van der Waals surface area contributed by atoms with Crippen LogP contribution in [0.25, 0.3) is 0 Å². The predicted molar refractivity (Wildman–Crippen MR) is 79.3 cm³/mol. The number of unbranched alkanes of at least 4 members (excludes halogenated alkanes) is 1. The van der Waals surface area contributed by atoms with Crippen molar-refractivity contribution in [3.8, 4) is 0 Å². The van der Waals surface area contributed by atoms with Crippen LogP contribution in [0.15, 0.2) is 0 Å². The molecule has 2 rings (SSSR count). The highest BCUT2D eigenvalue weighted by Gasteiger charge is 2.36. The van der Waals surface area contributed by atoms with Crippen LogP contribution < -0.4 is 5.32 Å². The number of sulfone groups is 1. The second-order valence-electron chi connectivity index (χ2n) is 5.99. The van der Waals surface area contributed by atoms with Gasteiger partial charge in [0, 0.05) is 19.1 Å². The topological polar surface area (TPSA) is 66.5 Å². The highest BCUT2D eigenvalue weighted by atomic mass is 32.2. The first-order chi connectivity index (χ1) is 9.53. The number of carbonyl (C=O) groups excluding carboxylic acids is 1. The molecule has 1 N–H and O–H groups in total. The molecule has 1 unspecified atom stereocenters. The number of nitrogens with one attached hydrogen (secondary N) is 1. The molecule has 2 aliphatic rings. The van der Waals surface area contributed by atoms with Gasteiger partial charge >= 0.3 is 0 Å². The third kappa shape index (κ3) is 3.95. The number of amides is 1. The molecule has 0 bridgehead atoms. The highest BCUT2D eigenvalue weighted by molar-refractivity contribution is 7.91. The minimum Gasteiger partial charge on any atom is -0.338 e. The third-order valence-corrected chi connectivity index (χ3v) is 6.08. The summed E-state index contributed by atoms with van der Waals surface area (Å²) in [5, 5.41) is 3.27. The minimum absolute atomic E-state index is 0.0314. The number of rotatable bonds is 5. The fourth-order valence-corrected chi connectivity index (χ4v) is 4.85. The van der Waals surface area contributed by atoms with E-state index in [4.69, 9.17) is 0 Å². The lowest BCUT2D eigenvalue weighted by molar-refractivity contribution is -0.138. The molecule has 0 spiro atoms. The lowest BCUT2D eigenvalue weighted by Gasteiger charge is -2.33. The van der Waals surface area contributed by atoms with Crippen LogP contribution >= 0.6 is 0 Å². The molecule has 2 fully saturated rings. The maximum absolute atomic E-state index is 12.7. The summed E-state index contributed by atoms with van der Waals surface area (Å²) < 4.78 is 23.3. The van der Waals surface area contributed by atoms with Gasteiger partial charge in [0.1, 0.15) is 0 Å². The van der Waals surface area contributed by atoms with E-state index in [1.807, 2.05) is 4.90 Å². The van der Waals surface area contributed by atoms with E-state index in [1.54, 1.807) is 0 Å². The molecule has 2 saturated heterocycles. The Kier molecular flexibility index (Phi) is 5.43. The molecular weight excluding hydrogens is 276 g/mol. The zero-order chi connectivity index (χ0) is 14.6. The van der Waals surface area contributed by atoms with Gasteiger partial charge in [0.05, 0.1) is 17.4 Å². The summed E-state index contributed by atoms with van der Waals surface area (Å²) in [6.45, 7) is 4.51. The van der Waals surface area contributed by atoms with Crippen molar-refractivity contribution in [3.63, 3.8) is 0 Å². The van der Waals surface area contributed by atoms with Crippen molar-refractivity contribution in [2.24, 2.45) is 5.92 Å². The van der Waals surface area contributed by atoms with Crippen LogP contribution in [0.2, 0.25) is 0 Å². The Morgan fingerprint density at radius 1 is 1.35 bits per heavy atom. The Morgan fingerprint density at radius 2 is 2.15 bits per heavy atom. The first-order valence-electron chi connectivity index (χ1n) is 7.75. The van der Waals surface area contributed by atoms with Crippen LogP contribution in [-0.4, -0.2) is 56.4 Å². The number of nitrogens with zero attached hydrogens (tertiary/aromatic N) is 1. The van der Waals surface area contributed by atoms with Crippen LogP contribution in [0.1, 0.15) is 39.0 Å². The van der Waals surface area contributed by atoms with Gasteiger partial charge in [0.25, 0.3) is 0 Å². The summed E-state index contributed by atoms with van der Waals surface area (Å²) in [5.41, 5.74) is 0. The maximum atomic E-state index is 12.7. The molecular formula is C14H26N2O3S. The van der Waals surface area contributed by atoms with E-state index in [9.17, 15) is 13.2 Å². The summed E-state index contributed by atoms with van der Waals surface area (Å²) in [6.07, 6.45) is 4.53. The molecule has 0 aromatic heterocycles. The van der Waals surface area contributed by atoms with E-state index in [2.05, 4.69) is 12.2 Å². The fourth-order valence-electron chi connectivity index (χ4n) is 3.12. The summed E-state index contributed by atoms with van der Waals surface area (Å²) in [7, 11) is -2.94. The van der Waals surface area contributed by atoms with E-state index >= 15 is 0 Å². The fraction of sp³-hybridized carbons (Fsp3) is 0.929. The molecule has 5 nitrogen and oxygen atoms in total. The highest BCUT2D eigenvalue weighted by Crippen LogP contribution is 2.22. The van der Waals surface area contributed by atoms with E-state index in [-0.39, 0.29) is 29.4 Å². The molecule has 2 atom stereocenters. The largest absolute Gasteiger partial charge is 0.338 e. The Morgan fingerprint density at radius 3 is 2.70 bits per heavy atom. The van der Waals surface area contributed by atoms with Gasteiger partial charge < -0.3 is 10.2 Å². The van der Waals surface area contributed by atoms with Gasteiger partial charge in [-0.1, -0.05) is 13.3 Å². The third-order valence-electron chi connectivity index (χ3n) is 4.33. The summed E-state index contributed by atoms with van der Waals surface area (Å²) in [6, 6.07) is -0.0963. The number of carbonyl (C=O) groups is 1. The van der Waals surface area contributed by atoms with E-state index < -0.39 is 9.84 Å². The molecule has 2 heterocycles. The number of hydrogen-bond acceptors (Lipinski definition) is 4. The molecule has 6 heteroatoms. The zero-order valence-corrected chi connectivity index (χ0v) is 13.1. The maximum Gasteiger partial charge on any atom is 0.227 e. The van der Waals surface area contributed by atoms with Gasteiger partial charge in [-0.05, 0) is 32.2 Å². The summed E-state index contributed by atoms with van der Waals surface area (Å²) in [4.78, 5) is 14.6. The normalized spacial score (nSPS) is 29.2. The molecule has 0 radical (unpaired) electrons. The standard InChI is InChI=1S/C14H26N2O3S/c1-2-3-8-16(13-6-9-20(18,19)11-13)14(17)12-5-4-7-15-10-12/h12-13,15H,2-11H2,1H3/t12-,13?/m1/s1. The Bertz CT molecular complexity index is 430. The second kappa shape index (κ2) is 6.89. The summed E-state index contributed by atoms with van der Waals surface area (Å²) >= 11 is 0. The predicted octanol–water partition coefficient (Wildman–Crippen LogP) is 0.802. The van der Waals surface area contributed by atoms with Crippen LogP contribution in [0, 0.1) is 5.92 Å². The van der Waals surface area contributed by atoms with Crippen LogP contribution in [0.4, 0.5) is 0 Å². The van der Waals surface area contributed by atoms with Gasteiger partial charge in [0.15, 0.2) is 9.84 Å². The molecule has 0 aliphatic carbocycles. The van der Waals surface area contributed by atoms with Crippen LogP contribution in [0.5, 0.6) is 0 Å². The Labute approximate surface area is 122 Å². The first kappa shape index (κ1) is 15.8. The van der Waals surface area contributed by atoms with Crippen molar-refractivity contribution in [3.05, 3.63) is 0 Å². The van der Waals surface area contributed by atoms with Crippen molar-refractivity contribution in [2.45, 2.75) is 45.1 Å². The Balaban J connectivity index is 2.04. The van der Waals surface area contributed by atoms with Gasteiger partial charge in [-0.25, -0.2) is 8.42 Å². The molecule has 20 heavy (non-hydrogen) atoms. The van der Waals surface area contributed by atoms with Gasteiger partial charge in [-0.2, -0.15) is 0 Å². The lowest BCUT2D eigenvalue weighted by Crippen LogP contribution is -2.48. The van der Waals surface area contributed by atoms with Crippen LogP contribution in [-0.2, 0) is 14.6 Å². The minimum atomic E-state index is -2.94. The molecule has 0 aromatic rings. The van der Waals surface area contributed by atoms with Crippen molar-refractivity contribution in [1.82, 2.24) is 10.2 Å². The van der Waals surface area contributed by atoms with Crippen molar-refractivity contribution >= 4 is 15.7 Å². The average molecular weight is 302 g/mol. The van der Waals surface area contributed by atoms with Crippen LogP contribution in [0.3, 0.4) is 0 Å². The summed E-state index contributed by atoms with van der Waals surface area (Å²) in [5.74, 6) is 0.579.